The van der Waals surface area contributed by atoms with Crippen LogP contribution in [0, 0.1) is 17.8 Å². The van der Waals surface area contributed by atoms with Gasteiger partial charge in [-0.2, -0.15) is 0 Å². The van der Waals surface area contributed by atoms with E-state index in [0.29, 0.717) is 5.92 Å². The van der Waals surface area contributed by atoms with E-state index in [0.717, 1.165) is 36.7 Å². The molecular weight excluding hydrogens is 424 g/mol. The monoisotopic (exact) mass is 474 g/mol. The molecule has 33 heavy (non-hydrogen) atoms. The molecule has 7 heteroatoms. The van der Waals surface area contributed by atoms with Gasteiger partial charge in [0.1, 0.15) is 31.0 Å². The van der Waals surface area contributed by atoms with Gasteiger partial charge in [0.2, 0.25) is 0 Å². The Morgan fingerprint density at radius 3 is 1.79 bits per heavy atom. The summed E-state index contributed by atoms with van der Waals surface area (Å²) in [5, 5.41) is 47.1. The van der Waals surface area contributed by atoms with E-state index in [1.54, 1.807) is 0 Å². The summed E-state index contributed by atoms with van der Waals surface area (Å²) >= 11 is 0. The molecule has 0 fully saturated rings. The zero-order valence-corrected chi connectivity index (χ0v) is 21.4. The van der Waals surface area contributed by atoms with Gasteiger partial charge in [0.25, 0.3) is 0 Å². The minimum Gasteiger partial charge on any atom is -0.460 e. The zero-order chi connectivity index (χ0) is 25.4. The highest BCUT2D eigenvalue weighted by Crippen LogP contribution is 2.22. The van der Waals surface area contributed by atoms with Crippen molar-refractivity contribution in [3.8, 4) is 0 Å². The number of esters is 1. The predicted molar refractivity (Wildman–Crippen MR) is 131 cm³/mol. The van der Waals surface area contributed by atoms with Crippen LogP contribution in [-0.2, 0) is 9.53 Å². The van der Waals surface area contributed by atoms with Gasteiger partial charge in [-0.3, -0.25) is 0 Å². The third kappa shape index (κ3) is 16.3. The van der Waals surface area contributed by atoms with Gasteiger partial charge in [0.05, 0.1) is 6.61 Å². The molecule has 0 aromatic rings. The Bertz CT molecular complexity index is 535. The number of carbonyl (C=O) groups excluding carboxylic acids is 1. The molecule has 0 aromatic carbocycles. The second-order valence-electron chi connectivity index (χ2n) is 10.3. The molecule has 0 radical (unpaired) electrons. The summed E-state index contributed by atoms with van der Waals surface area (Å²) in [6, 6.07) is 0. The molecule has 0 aliphatic rings. The quantitative estimate of drug-likeness (QED) is 0.143. The summed E-state index contributed by atoms with van der Waals surface area (Å²) < 4.78 is 4.92. The average molecular weight is 475 g/mol. The number of rotatable bonds is 19. The molecule has 0 heterocycles. The standard InChI is InChI=1S/C26H50O7/c1-18(2)9-6-10-19(3)11-7-12-20(4)13-8-14-21(5)15-24(30)33-17-23(29)26(32)25(31)22(28)16-27/h15,18-20,22-23,25-29,31-32H,6-14,16-17H2,1-5H3/t19?,20?,22-,23-,25-,26-/m1/s1. The highest BCUT2D eigenvalue weighted by molar-refractivity contribution is 5.82. The highest BCUT2D eigenvalue weighted by atomic mass is 16.5. The lowest BCUT2D eigenvalue weighted by molar-refractivity contribution is -0.151. The number of carbonyl (C=O) groups is 1. The van der Waals surface area contributed by atoms with Crippen LogP contribution in [0.5, 0.6) is 0 Å². The smallest absolute Gasteiger partial charge is 0.330 e. The summed E-state index contributed by atoms with van der Waals surface area (Å²) in [6.07, 6.45) is 5.40. The average Bonchev–Trinajstić information content (AvgIpc) is 2.75. The topological polar surface area (TPSA) is 127 Å². The first kappa shape index (κ1) is 32.0. The Hall–Kier alpha value is -0.990. The zero-order valence-electron chi connectivity index (χ0n) is 21.4. The molecule has 0 rings (SSSR count). The Morgan fingerprint density at radius 2 is 1.27 bits per heavy atom. The van der Waals surface area contributed by atoms with Crippen molar-refractivity contribution in [2.24, 2.45) is 17.8 Å². The minimum absolute atomic E-state index is 0.522. The van der Waals surface area contributed by atoms with E-state index in [1.807, 2.05) is 6.92 Å². The number of aliphatic hydroxyl groups is 5. The van der Waals surface area contributed by atoms with Crippen LogP contribution in [-0.4, -0.2) is 69.1 Å². The van der Waals surface area contributed by atoms with Gasteiger partial charge in [0, 0.05) is 6.08 Å². The maximum atomic E-state index is 11.9. The lowest BCUT2D eigenvalue weighted by atomic mass is 9.91. The molecule has 0 aliphatic carbocycles. The molecule has 0 saturated carbocycles. The lowest BCUT2D eigenvalue weighted by Crippen LogP contribution is -2.47. The van der Waals surface area contributed by atoms with Gasteiger partial charge < -0.3 is 30.3 Å². The van der Waals surface area contributed by atoms with Crippen LogP contribution in [0.4, 0.5) is 0 Å². The minimum atomic E-state index is -1.74. The van der Waals surface area contributed by atoms with Crippen LogP contribution >= 0.6 is 0 Å². The van der Waals surface area contributed by atoms with Crippen molar-refractivity contribution in [3.05, 3.63) is 11.6 Å². The summed E-state index contributed by atoms with van der Waals surface area (Å²) in [7, 11) is 0. The van der Waals surface area contributed by atoms with E-state index in [-0.39, 0.29) is 0 Å². The second-order valence-corrected chi connectivity index (χ2v) is 10.3. The SMILES string of the molecule is CC(=CC(=O)OC[C@@H](O)[C@@H](O)[C@H](O)[C@H](O)CO)CCCC(C)CCCC(C)CCCC(C)C. The molecular formula is C26H50O7. The predicted octanol–water partition coefficient (Wildman–Crippen LogP) is 3.35. The van der Waals surface area contributed by atoms with Crippen molar-refractivity contribution < 1.29 is 35.1 Å². The van der Waals surface area contributed by atoms with E-state index in [1.165, 1.54) is 44.6 Å². The summed E-state index contributed by atoms with van der Waals surface area (Å²) in [4.78, 5) is 11.9. The fourth-order valence-corrected chi connectivity index (χ4v) is 3.85. The van der Waals surface area contributed by atoms with Crippen LogP contribution in [0.1, 0.15) is 92.4 Å². The molecule has 0 aliphatic heterocycles. The molecule has 6 atom stereocenters. The molecule has 0 spiro atoms. The molecule has 0 aromatic heterocycles. The van der Waals surface area contributed by atoms with Crippen LogP contribution in [0.3, 0.4) is 0 Å². The van der Waals surface area contributed by atoms with Gasteiger partial charge >= 0.3 is 5.97 Å². The van der Waals surface area contributed by atoms with Crippen LogP contribution < -0.4 is 0 Å². The summed E-state index contributed by atoms with van der Waals surface area (Å²) in [6.45, 7) is 9.78. The normalized spacial score (nSPS) is 18.0. The second kappa shape index (κ2) is 18.4. The molecule has 0 amide bonds. The first-order valence-electron chi connectivity index (χ1n) is 12.6. The molecule has 7 nitrogen and oxygen atoms in total. The van der Waals surface area contributed by atoms with Crippen LogP contribution in [0.25, 0.3) is 0 Å². The summed E-state index contributed by atoms with van der Waals surface area (Å²) in [5.74, 6) is 1.62. The number of allylic oxidation sites excluding steroid dienone is 1. The molecule has 5 N–H and O–H groups in total. The lowest BCUT2D eigenvalue weighted by Gasteiger charge is -2.25. The van der Waals surface area contributed by atoms with Gasteiger partial charge in [-0.25, -0.2) is 4.79 Å². The Kier molecular flexibility index (Phi) is 17.8. The number of ether oxygens (including phenoxy) is 1. The van der Waals surface area contributed by atoms with Crippen molar-refractivity contribution in [1.82, 2.24) is 0 Å². The van der Waals surface area contributed by atoms with E-state index in [9.17, 15) is 25.2 Å². The first-order valence-corrected chi connectivity index (χ1v) is 12.6. The van der Waals surface area contributed by atoms with Crippen LogP contribution in [0.15, 0.2) is 11.6 Å². The van der Waals surface area contributed by atoms with E-state index in [4.69, 9.17) is 9.84 Å². The third-order valence-corrected chi connectivity index (χ3v) is 6.23. The van der Waals surface area contributed by atoms with Crippen molar-refractivity contribution in [3.63, 3.8) is 0 Å². The van der Waals surface area contributed by atoms with Crippen molar-refractivity contribution in [2.45, 2.75) is 117 Å². The van der Waals surface area contributed by atoms with Crippen LogP contribution in [0.2, 0.25) is 0 Å². The van der Waals surface area contributed by atoms with Gasteiger partial charge in [0.15, 0.2) is 0 Å². The highest BCUT2D eigenvalue weighted by Gasteiger charge is 2.30. The number of hydrogen-bond acceptors (Lipinski definition) is 7. The largest absolute Gasteiger partial charge is 0.460 e. The Balaban J connectivity index is 4.05. The Labute approximate surface area is 200 Å². The van der Waals surface area contributed by atoms with Gasteiger partial charge in [-0.05, 0) is 37.5 Å². The van der Waals surface area contributed by atoms with Gasteiger partial charge in [-0.1, -0.05) is 78.2 Å². The molecule has 0 bridgehead atoms. The van der Waals surface area contributed by atoms with E-state index >= 15 is 0 Å². The fraction of sp³-hybridized carbons (Fsp3) is 0.885. The number of aliphatic hydroxyl groups excluding tert-OH is 5. The number of hydrogen-bond donors (Lipinski definition) is 5. The van der Waals surface area contributed by atoms with Crippen molar-refractivity contribution >= 4 is 5.97 Å². The molecule has 196 valence electrons. The van der Waals surface area contributed by atoms with Crippen molar-refractivity contribution in [2.75, 3.05) is 13.2 Å². The van der Waals surface area contributed by atoms with Gasteiger partial charge in [-0.15, -0.1) is 0 Å². The first-order chi connectivity index (χ1) is 15.5. The maximum Gasteiger partial charge on any atom is 0.330 e. The van der Waals surface area contributed by atoms with Crippen molar-refractivity contribution in [1.29, 1.82) is 0 Å². The van der Waals surface area contributed by atoms with E-state index < -0.39 is 43.6 Å². The third-order valence-electron chi connectivity index (χ3n) is 6.23. The summed E-state index contributed by atoms with van der Waals surface area (Å²) in [5.41, 5.74) is 0.886. The molecule has 0 saturated heterocycles. The van der Waals surface area contributed by atoms with E-state index in [2.05, 4.69) is 27.7 Å². The fourth-order valence-electron chi connectivity index (χ4n) is 3.85. The maximum absolute atomic E-state index is 11.9. The Morgan fingerprint density at radius 1 is 0.788 bits per heavy atom. The molecule has 2 unspecified atom stereocenters.